The van der Waals surface area contributed by atoms with Gasteiger partial charge in [0.05, 0.1) is 23.3 Å². The van der Waals surface area contributed by atoms with E-state index in [9.17, 15) is 14.7 Å². The second kappa shape index (κ2) is 8.79. The van der Waals surface area contributed by atoms with Crippen LogP contribution in [-0.4, -0.2) is 23.9 Å². The first-order valence-electron chi connectivity index (χ1n) is 9.38. The van der Waals surface area contributed by atoms with Crippen molar-refractivity contribution in [2.24, 2.45) is 0 Å². The molecular weight excluding hydrogens is 493 g/mol. The molecule has 1 aromatic heterocycles. The summed E-state index contributed by atoms with van der Waals surface area (Å²) in [7, 11) is 1.39. The number of ketones is 1. The van der Waals surface area contributed by atoms with E-state index < -0.39 is 23.5 Å². The van der Waals surface area contributed by atoms with E-state index in [1.54, 1.807) is 24.3 Å². The third kappa shape index (κ3) is 3.77. The van der Waals surface area contributed by atoms with Crippen LogP contribution in [0.25, 0.3) is 5.76 Å². The van der Waals surface area contributed by atoms with Gasteiger partial charge in [-0.25, -0.2) is 0 Å². The first-order valence-corrected chi connectivity index (χ1v) is 11.4. The van der Waals surface area contributed by atoms with E-state index in [0.717, 1.165) is 10.4 Å². The Hall–Kier alpha value is -2.51. The third-order valence-corrected chi connectivity index (χ3v) is 6.95. The molecule has 1 aliphatic heterocycles. The number of Topliss-reactive ketones (excluding diaryl/α,β-unsaturated/α-hetero) is 1. The third-order valence-electron chi connectivity index (χ3n) is 5.15. The molecule has 3 aromatic rings. The number of aryl methyl sites for hydroxylation is 1. The minimum absolute atomic E-state index is 0.0860. The van der Waals surface area contributed by atoms with Crippen LogP contribution in [0.1, 0.15) is 22.0 Å². The maximum atomic E-state index is 13.2. The number of methoxy groups -OCH3 is 1. The lowest BCUT2D eigenvalue weighted by Gasteiger charge is -2.25. The standard InChI is InChI=1S/C23H16Cl3NO4S/c1-11-6-7-32-22(11)18-17(19(28)15-9-13(25)10-16(26)21(15)31-2)20(29)23(30)27(18)14-5-3-4-12(24)8-14/h3-10,18,28H,1-2H3/b19-17+. The number of thiophene rings is 1. The highest BCUT2D eigenvalue weighted by Crippen LogP contribution is 2.47. The summed E-state index contributed by atoms with van der Waals surface area (Å²) in [5.41, 5.74) is 1.34. The predicted molar refractivity (Wildman–Crippen MR) is 128 cm³/mol. The molecule has 2 aromatic carbocycles. The van der Waals surface area contributed by atoms with Crippen molar-refractivity contribution in [1.29, 1.82) is 0 Å². The second-order valence-electron chi connectivity index (χ2n) is 7.09. The molecule has 1 saturated heterocycles. The second-order valence-corrected chi connectivity index (χ2v) is 9.31. The molecule has 164 valence electrons. The zero-order valence-corrected chi connectivity index (χ0v) is 19.9. The number of rotatable bonds is 4. The van der Waals surface area contributed by atoms with Crippen molar-refractivity contribution in [1.82, 2.24) is 0 Å². The molecule has 32 heavy (non-hydrogen) atoms. The molecule has 0 radical (unpaired) electrons. The van der Waals surface area contributed by atoms with Crippen molar-refractivity contribution in [3.8, 4) is 5.75 Å². The summed E-state index contributed by atoms with van der Waals surface area (Å²) >= 11 is 19.9. The fourth-order valence-corrected chi connectivity index (χ4v) is 5.51. The zero-order valence-electron chi connectivity index (χ0n) is 16.9. The number of carbonyl (C=O) groups is 2. The van der Waals surface area contributed by atoms with Crippen molar-refractivity contribution in [3.63, 3.8) is 0 Å². The summed E-state index contributed by atoms with van der Waals surface area (Å²) in [6.45, 7) is 1.88. The number of ether oxygens (including phenoxy) is 1. The quantitative estimate of drug-likeness (QED) is 0.243. The van der Waals surface area contributed by atoms with Gasteiger partial charge < -0.3 is 9.84 Å². The molecule has 1 aliphatic rings. The highest BCUT2D eigenvalue weighted by atomic mass is 35.5. The Labute approximate surface area is 203 Å². The number of halogens is 3. The molecule has 1 N–H and O–H groups in total. The van der Waals surface area contributed by atoms with Crippen molar-refractivity contribution < 1.29 is 19.4 Å². The number of carbonyl (C=O) groups excluding carboxylic acids is 2. The topological polar surface area (TPSA) is 66.8 Å². The molecule has 5 nitrogen and oxygen atoms in total. The average Bonchev–Trinajstić information content (AvgIpc) is 3.27. The Morgan fingerprint density at radius 3 is 2.47 bits per heavy atom. The molecule has 0 saturated carbocycles. The van der Waals surface area contributed by atoms with Crippen LogP contribution in [-0.2, 0) is 9.59 Å². The molecule has 4 rings (SSSR count). The van der Waals surface area contributed by atoms with Gasteiger partial charge in [-0.3, -0.25) is 14.5 Å². The Balaban J connectivity index is 2.02. The Morgan fingerprint density at radius 1 is 1.09 bits per heavy atom. The van der Waals surface area contributed by atoms with Crippen LogP contribution in [0, 0.1) is 6.92 Å². The number of aliphatic hydroxyl groups is 1. The summed E-state index contributed by atoms with van der Waals surface area (Å²) in [5, 5.41) is 14.0. The number of aliphatic hydroxyl groups excluding tert-OH is 1. The van der Waals surface area contributed by atoms with E-state index >= 15 is 0 Å². The number of anilines is 1. The average molecular weight is 509 g/mol. The van der Waals surface area contributed by atoms with Crippen molar-refractivity contribution in [2.75, 3.05) is 12.0 Å². The van der Waals surface area contributed by atoms with Crippen molar-refractivity contribution >= 4 is 69.3 Å². The van der Waals surface area contributed by atoms with Crippen molar-refractivity contribution in [2.45, 2.75) is 13.0 Å². The van der Waals surface area contributed by atoms with Gasteiger partial charge in [-0.1, -0.05) is 40.9 Å². The Morgan fingerprint density at radius 2 is 1.84 bits per heavy atom. The Bertz CT molecular complexity index is 1280. The SMILES string of the molecule is COc1c(Cl)cc(Cl)cc1/C(O)=C1\C(=O)C(=O)N(c2cccc(Cl)c2)C1c1sccc1C. The van der Waals surface area contributed by atoms with Gasteiger partial charge in [0.1, 0.15) is 17.6 Å². The van der Waals surface area contributed by atoms with Crippen LogP contribution < -0.4 is 9.64 Å². The van der Waals surface area contributed by atoms with Crippen LogP contribution in [0.15, 0.2) is 53.4 Å². The van der Waals surface area contributed by atoms with Crippen molar-refractivity contribution in [3.05, 3.63) is 84.5 Å². The van der Waals surface area contributed by atoms with E-state index in [1.807, 2.05) is 18.4 Å². The monoisotopic (exact) mass is 507 g/mol. The number of nitrogens with zero attached hydrogens (tertiary/aromatic N) is 1. The van der Waals surface area contributed by atoms with E-state index in [4.69, 9.17) is 39.5 Å². The van der Waals surface area contributed by atoms with Gasteiger partial charge in [0.25, 0.3) is 11.7 Å². The maximum absolute atomic E-state index is 13.2. The minimum atomic E-state index is -0.865. The summed E-state index contributed by atoms with van der Waals surface area (Å²) in [6.07, 6.45) is 0. The largest absolute Gasteiger partial charge is 0.507 e. The number of amides is 1. The van der Waals surface area contributed by atoms with Gasteiger partial charge >= 0.3 is 0 Å². The van der Waals surface area contributed by atoms with Gasteiger partial charge in [-0.2, -0.15) is 0 Å². The molecule has 0 aliphatic carbocycles. The molecule has 9 heteroatoms. The molecule has 2 heterocycles. The molecule has 1 fully saturated rings. The lowest BCUT2D eigenvalue weighted by atomic mass is 9.97. The van der Waals surface area contributed by atoms with Crippen LogP contribution in [0.2, 0.25) is 15.1 Å². The fraction of sp³-hybridized carbons (Fsp3) is 0.130. The number of benzene rings is 2. The van der Waals surface area contributed by atoms with Gasteiger partial charge in [-0.15, -0.1) is 11.3 Å². The summed E-state index contributed by atoms with van der Waals surface area (Å²) in [5.74, 6) is -1.90. The molecule has 1 unspecified atom stereocenters. The fourth-order valence-electron chi connectivity index (χ4n) is 3.73. The first-order chi connectivity index (χ1) is 15.2. The van der Waals surface area contributed by atoms with E-state index in [0.29, 0.717) is 10.7 Å². The van der Waals surface area contributed by atoms with Crippen LogP contribution in [0.4, 0.5) is 5.69 Å². The molecule has 0 bridgehead atoms. The van der Waals surface area contributed by atoms with E-state index in [1.165, 1.54) is 35.5 Å². The number of hydrogen-bond donors (Lipinski definition) is 1. The predicted octanol–water partition coefficient (Wildman–Crippen LogP) is 6.65. The minimum Gasteiger partial charge on any atom is -0.507 e. The van der Waals surface area contributed by atoms with E-state index in [-0.39, 0.29) is 26.9 Å². The van der Waals surface area contributed by atoms with Crippen LogP contribution in [0.3, 0.4) is 0 Å². The van der Waals surface area contributed by atoms with E-state index in [2.05, 4.69) is 0 Å². The summed E-state index contributed by atoms with van der Waals surface area (Å²) in [4.78, 5) is 28.5. The first kappa shape index (κ1) is 22.7. The highest BCUT2D eigenvalue weighted by Gasteiger charge is 2.48. The van der Waals surface area contributed by atoms with Gasteiger partial charge in [0, 0.05) is 20.6 Å². The highest BCUT2D eigenvalue weighted by molar-refractivity contribution is 7.10. The molecular formula is C23H16Cl3NO4S. The van der Waals surface area contributed by atoms with Crippen LogP contribution >= 0.6 is 46.1 Å². The normalized spacial score (nSPS) is 17.8. The lowest BCUT2D eigenvalue weighted by molar-refractivity contribution is -0.132. The smallest absolute Gasteiger partial charge is 0.300 e. The number of hydrogen-bond acceptors (Lipinski definition) is 5. The summed E-state index contributed by atoms with van der Waals surface area (Å²) < 4.78 is 5.34. The van der Waals surface area contributed by atoms with Crippen LogP contribution in [0.5, 0.6) is 5.75 Å². The zero-order chi connectivity index (χ0) is 23.2. The van der Waals surface area contributed by atoms with Gasteiger partial charge in [-0.05, 0) is 54.3 Å². The summed E-state index contributed by atoms with van der Waals surface area (Å²) in [6, 6.07) is 10.6. The van der Waals surface area contributed by atoms with Gasteiger partial charge in [0.15, 0.2) is 0 Å². The Kier molecular flexibility index (Phi) is 6.23. The maximum Gasteiger partial charge on any atom is 0.300 e. The molecule has 0 spiro atoms. The van der Waals surface area contributed by atoms with Gasteiger partial charge in [0.2, 0.25) is 0 Å². The molecule has 1 amide bonds. The molecule has 1 atom stereocenters. The lowest BCUT2D eigenvalue weighted by Crippen LogP contribution is -2.29.